The maximum atomic E-state index is 12.0. The van der Waals surface area contributed by atoms with Crippen molar-refractivity contribution in [1.82, 2.24) is 5.32 Å². The lowest BCUT2D eigenvalue weighted by Crippen LogP contribution is -2.31. The van der Waals surface area contributed by atoms with Gasteiger partial charge in [-0.2, -0.15) is 0 Å². The zero-order valence-electron chi connectivity index (χ0n) is 11.5. The second-order valence-electron chi connectivity index (χ2n) is 4.46. The summed E-state index contributed by atoms with van der Waals surface area (Å²) in [7, 11) is 0. The number of thiophene rings is 1. The van der Waals surface area contributed by atoms with Crippen LogP contribution in [0.5, 0.6) is 0 Å². The molecule has 0 bridgehead atoms. The van der Waals surface area contributed by atoms with E-state index in [1.54, 1.807) is 23.5 Å². The molecule has 1 heterocycles. The molecule has 2 amide bonds. The molecule has 2 rings (SSSR count). The third-order valence-electron chi connectivity index (χ3n) is 2.99. The van der Waals surface area contributed by atoms with Crippen molar-refractivity contribution in [2.45, 2.75) is 19.4 Å². The van der Waals surface area contributed by atoms with Crippen LogP contribution in [0.25, 0.3) is 0 Å². The highest BCUT2D eigenvalue weighted by Crippen LogP contribution is 2.21. The molecule has 0 saturated carbocycles. The van der Waals surface area contributed by atoms with Gasteiger partial charge in [-0.1, -0.05) is 13.0 Å². The largest absolute Gasteiger partial charge is 0.478 e. The molecule has 110 valence electrons. The summed E-state index contributed by atoms with van der Waals surface area (Å²) < 4.78 is 0. The molecule has 0 fully saturated rings. The third-order valence-corrected chi connectivity index (χ3v) is 3.98. The first-order chi connectivity index (χ1) is 10.1. The maximum Gasteiger partial charge on any atom is 0.335 e. The lowest BCUT2D eigenvalue weighted by atomic mass is 10.2. The topological polar surface area (TPSA) is 78.4 Å². The number of benzene rings is 1. The van der Waals surface area contributed by atoms with Crippen LogP contribution in [0.2, 0.25) is 0 Å². The summed E-state index contributed by atoms with van der Waals surface area (Å²) in [6, 6.07) is 9.64. The number of amides is 2. The van der Waals surface area contributed by atoms with Crippen molar-refractivity contribution in [1.29, 1.82) is 0 Å². The number of carbonyl (C=O) groups excluding carboxylic acids is 1. The first kappa shape index (κ1) is 15.1. The van der Waals surface area contributed by atoms with Gasteiger partial charge in [-0.15, -0.1) is 11.3 Å². The van der Waals surface area contributed by atoms with Gasteiger partial charge in [-0.3, -0.25) is 0 Å². The average Bonchev–Trinajstić information content (AvgIpc) is 2.99. The van der Waals surface area contributed by atoms with Gasteiger partial charge in [0.05, 0.1) is 11.6 Å². The van der Waals surface area contributed by atoms with E-state index in [0.29, 0.717) is 5.69 Å². The van der Waals surface area contributed by atoms with E-state index < -0.39 is 5.97 Å². The summed E-state index contributed by atoms with van der Waals surface area (Å²) in [4.78, 5) is 23.8. The second kappa shape index (κ2) is 6.90. The van der Waals surface area contributed by atoms with Gasteiger partial charge in [0.25, 0.3) is 0 Å². The van der Waals surface area contributed by atoms with Crippen LogP contribution < -0.4 is 10.6 Å². The van der Waals surface area contributed by atoms with Gasteiger partial charge in [-0.05, 0) is 42.1 Å². The Kier molecular flexibility index (Phi) is 4.94. The fraction of sp³-hybridized carbons (Fsp3) is 0.200. The van der Waals surface area contributed by atoms with Gasteiger partial charge < -0.3 is 15.7 Å². The normalized spacial score (nSPS) is 11.7. The molecular weight excluding hydrogens is 288 g/mol. The zero-order chi connectivity index (χ0) is 15.2. The lowest BCUT2D eigenvalue weighted by Gasteiger charge is -2.16. The van der Waals surface area contributed by atoms with Crippen LogP contribution >= 0.6 is 11.3 Å². The Morgan fingerprint density at radius 2 is 1.95 bits per heavy atom. The highest BCUT2D eigenvalue weighted by Gasteiger charge is 2.13. The molecule has 0 aliphatic heterocycles. The van der Waals surface area contributed by atoms with Gasteiger partial charge in [0.1, 0.15) is 0 Å². The standard InChI is InChI=1S/C15H16N2O3S/c1-2-12(13-4-3-9-21-13)17-15(20)16-11-7-5-10(6-8-11)14(18)19/h3-9,12H,2H2,1H3,(H,18,19)(H2,16,17,20). The quantitative estimate of drug-likeness (QED) is 0.787. The molecule has 5 nitrogen and oxygen atoms in total. The van der Waals surface area contributed by atoms with Gasteiger partial charge in [0.2, 0.25) is 0 Å². The highest BCUT2D eigenvalue weighted by atomic mass is 32.1. The average molecular weight is 304 g/mol. The second-order valence-corrected chi connectivity index (χ2v) is 5.44. The van der Waals surface area contributed by atoms with Crippen LogP contribution in [0.1, 0.15) is 34.6 Å². The number of anilines is 1. The summed E-state index contributed by atoms with van der Waals surface area (Å²) in [5.74, 6) is -0.991. The molecule has 6 heteroatoms. The molecule has 2 aromatic rings. The van der Waals surface area contributed by atoms with Crippen molar-refractivity contribution in [3.63, 3.8) is 0 Å². The Hall–Kier alpha value is -2.34. The van der Waals surface area contributed by atoms with Gasteiger partial charge in [0.15, 0.2) is 0 Å². The number of carboxylic acid groups (broad SMARTS) is 1. The van der Waals surface area contributed by atoms with Crippen molar-refractivity contribution in [2.75, 3.05) is 5.32 Å². The molecule has 1 atom stereocenters. The Morgan fingerprint density at radius 3 is 2.48 bits per heavy atom. The van der Waals surface area contributed by atoms with Gasteiger partial charge in [-0.25, -0.2) is 9.59 Å². The molecule has 1 aromatic heterocycles. The summed E-state index contributed by atoms with van der Waals surface area (Å²) in [6.07, 6.45) is 0.798. The number of hydrogen-bond acceptors (Lipinski definition) is 3. The van der Waals surface area contributed by atoms with E-state index in [1.807, 2.05) is 24.4 Å². The molecule has 0 aliphatic rings. The zero-order valence-corrected chi connectivity index (χ0v) is 12.3. The number of nitrogens with one attached hydrogen (secondary N) is 2. The fourth-order valence-electron chi connectivity index (χ4n) is 1.89. The first-order valence-corrected chi connectivity index (χ1v) is 7.42. The summed E-state index contributed by atoms with van der Waals surface area (Å²) in [6.45, 7) is 2.01. The van der Waals surface area contributed by atoms with Crippen LogP contribution in [0.4, 0.5) is 10.5 Å². The predicted octanol–water partition coefficient (Wildman–Crippen LogP) is 3.72. The van der Waals surface area contributed by atoms with E-state index in [0.717, 1.165) is 11.3 Å². The number of carboxylic acids is 1. The van der Waals surface area contributed by atoms with Crippen LogP contribution in [0.15, 0.2) is 41.8 Å². The Bertz CT molecular complexity index is 608. The SMILES string of the molecule is CCC(NC(=O)Nc1ccc(C(=O)O)cc1)c1cccs1. The monoisotopic (exact) mass is 304 g/mol. The molecule has 0 saturated heterocycles. The van der Waals surface area contributed by atoms with E-state index in [9.17, 15) is 9.59 Å². The van der Waals surface area contributed by atoms with Gasteiger partial charge in [0, 0.05) is 10.6 Å². The smallest absolute Gasteiger partial charge is 0.335 e. The number of aromatic carboxylic acids is 1. The summed E-state index contributed by atoms with van der Waals surface area (Å²) >= 11 is 1.60. The van der Waals surface area contributed by atoms with E-state index in [4.69, 9.17) is 5.11 Å². The van der Waals surface area contributed by atoms with E-state index >= 15 is 0 Å². The van der Waals surface area contributed by atoms with Crippen LogP contribution in [-0.4, -0.2) is 17.1 Å². The molecule has 3 N–H and O–H groups in total. The molecule has 1 aromatic carbocycles. The highest BCUT2D eigenvalue weighted by molar-refractivity contribution is 7.10. The van der Waals surface area contributed by atoms with Crippen molar-refractivity contribution >= 4 is 29.0 Å². The molecule has 0 radical (unpaired) electrons. The van der Waals surface area contributed by atoms with Crippen LogP contribution in [0, 0.1) is 0 Å². The minimum absolute atomic E-state index is 0.0247. The van der Waals surface area contributed by atoms with Crippen LogP contribution in [0.3, 0.4) is 0 Å². The number of hydrogen-bond donors (Lipinski definition) is 3. The summed E-state index contributed by atoms with van der Waals surface area (Å²) in [5, 5.41) is 16.4. The first-order valence-electron chi connectivity index (χ1n) is 6.54. The van der Waals surface area contributed by atoms with Crippen molar-refractivity contribution < 1.29 is 14.7 Å². The van der Waals surface area contributed by atoms with Crippen molar-refractivity contribution in [3.05, 3.63) is 52.2 Å². The molecule has 21 heavy (non-hydrogen) atoms. The van der Waals surface area contributed by atoms with Crippen LogP contribution in [-0.2, 0) is 0 Å². The van der Waals surface area contributed by atoms with E-state index in [2.05, 4.69) is 10.6 Å². The summed E-state index contributed by atoms with van der Waals surface area (Å²) in [5.41, 5.74) is 0.740. The molecule has 0 aliphatic carbocycles. The minimum atomic E-state index is -0.991. The predicted molar refractivity (Wildman–Crippen MR) is 82.9 cm³/mol. The number of carbonyl (C=O) groups is 2. The lowest BCUT2D eigenvalue weighted by molar-refractivity contribution is 0.0697. The fourth-order valence-corrected chi connectivity index (χ4v) is 2.75. The van der Waals surface area contributed by atoms with Crippen molar-refractivity contribution in [3.8, 4) is 0 Å². The Morgan fingerprint density at radius 1 is 1.24 bits per heavy atom. The van der Waals surface area contributed by atoms with Gasteiger partial charge >= 0.3 is 12.0 Å². The van der Waals surface area contributed by atoms with E-state index in [-0.39, 0.29) is 17.6 Å². The Balaban J connectivity index is 1.96. The molecule has 1 unspecified atom stereocenters. The Labute approximate surface area is 126 Å². The molecule has 0 spiro atoms. The number of rotatable bonds is 5. The number of urea groups is 1. The third kappa shape index (κ3) is 4.06. The minimum Gasteiger partial charge on any atom is -0.478 e. The maximum absolute atomic E-state index is 12.0. The molecular formula is C15H16N2O3S. The van der Waals surface area contributed by atoms with E-state index in [1.165, 1.54) is 12.1 Å². The van der Waals surface area contributed by atoms with Crippen molar-refractivity contribution in [2.24, 2.45) is 0 Å².